The van der Waals surface area contributed by atoms with Crippen molar-refractivity contribution in [3.8, 4) is 0 Å². The Morgan fingerprint density at radius 3 is 3.00 bits per heavy atom. The van der Waals surface area contributed by atoms with E-state index in [9.17, 15) is 4.79 Å². The van der Waals surface area contributed by atoms with Gasteiger partial charge in [0.25, 0.3) is 0 Å². The first-order valence-electron chi connectivity index (χ1n) is 4.81. The fourth-order valence-corrected chi connectivity index (χ4v) is 2.13. The Morgan fingerprint density at radius 2 is 2.08 bits per heavy atom. The third kappa shape index (κ3) is 1.54. The van der Waals surface area contributed by atoms with Crippen LogP contribution < -0.4 is 5.32 Å². The van der Waals surface area contributed by atoms with E-state index in [1.807, 2.05) is 0 Å². The second kappa shape index (κ2) is 3.33. The quantitative estimate of drug-likeness (QED) is 0.599. The molecule has 1 saturated heterocycles. The van der Waals surface area contributed by atoms with E-state index in [-0.39, 0.29) is 12.2 Å². The van der Waals surface area contributed by atoms with Crippen LogP contribution in [0, 0.1) is 5.92 Å². The lowest BCUT2D eigenvalue weighted by Crippen LogP contribution is -2.44. The van der Waals surface area contributed by atoms with Crippen LogP contribution in [-0.2, 0) is 4.74 Å². The topological polar surface area (TPSA) is 38.3 Å². The van der Waals surface area contributed by atoms with E-state index < -0.39 is 0 Å². The van der Waals surface area contributed by atoms with Crippen LogP contribution in [0.4, 0.5) is 4.79 Å². The summed E-state index contributed by atoms with van der Waals surface area (Å²) in [6.45, 7) is 0.823. The van der Waals surface area contributed by atoms with Crippen LogP contribution in [-0.4, -0.2) is 18.7 Å². The Labute approximate surface area is 72.5 Å². The smallest absolute Gasteiger partial charge is 0.407 e. The van der Waals surface area contributed by atoms with E-state index in [0.29, 0.717) is 5.92 Å². The maximum atomic E-state index is 10.9. The SMILES string of the molecule is O=C1NC[C@@H]2CCCCC[C@@H]2O1. The van der Waals surface area contributed by atoms with Gasteiger partial charge in [0.15, 0.2) is 0 Å². The summed E-state index contributed by atoms with van der Waals surface area (Å²) in [6.07, 6.45) is 6.07. The van der Waals surface area contributed by atoms with Crippen LogP contribution in [0.5, 0.6) is 0 Å². The van der Waals surface area contributed by atoms with E-state index in [2.05, 4.69) is 5.32 Å². The minimum absolute atomic E-state index is 0.209. The molecule has 0 unspecified atom stereocenters. The molecule has 1 aliphatic carbocycles. The number of hydrogen-bond donors (Lipinski definition) is 1. The standard InChI is InChI=1S/C9H15NO2/c11-9-10-6-7-4-2-1-3-5-8(7)12-9/h7-8H,1-6H2,(H,10,11)/t7-,8-/m0/s1. The average Bonchev–Trinajstić information content (AvgIpc) is 2.28. The number of hydrogen-bond acceptors (Lipinski definition) is 2. The van der Waals surface area contributed by atoms with Crippen molar-refractivity contribution in [2.24, 2.45) is 5.92 Å². The largest absolute Gasteiger partial charge is 0.446 e. The zero-order valence-corrected chi connectivity index (χ0v) is 7.21. The summed E-state index contributed by atoms with van der Waals surface area (Å²) in [7, 11) is 0. The summed E-state index contributed by atoms with van der Waals surface area (Å²) in [4.78, 5) is 10.9. The highest BCUT2D eigenvalue weighted by Crippen LogP contribution is 2.27. The molecule has 0 aromatic heterocycles. The molecule has 0 aromatic rings. The highest BCUT2D eigenvalue weighted by Gasteiger charge is 2.30. The van der Waals surface area contributed by atoms with Gasteiger partial charge in [0.1, 0.15) is 6.10 Å². The first kappa shape index (κ1) is 7.90. The molecular weight excluding hydrogens is 154 g/mol. The Hall–Kier alpha value is -0.730. The molecule has 1 saturated carbocycles. The van der Waals surface area contributed by atoms with Gasteiger partial charge in [-0.3, -0.25) is 0 Å². The van der Waals surface area contributed by atoms with E-state index in [1.54, 1.807) is 0 Å². The number of rotatable bonds is 0. The molecule has 1 heterocycles. The average molecular weight is 169 g/mol. The minimum atomic E-state index is -0.224. The van der Waals surface area contributed by atoms with E-state index in [4.69, 9.17) is 4.74 Å². The second-order valence-electron chi connectivity index (χ2n) is 3.72. The first-order valence-corrected chi connectivity index (χ1v) is 4.81. The van der Waals surface area contributed by atoms with Crippen molar-refractivity contribution in [2.75, 3.05) is 6.54 Å². The number of amides is 1. The van der Waals surface area contributed by atoms with Crippen molar-refractivity contribution in [3.63, 3.8) is 0 Å². The molecule has 12 heavy (non-hydrogen) atoms. The van der Waals surface area contributed by atoms with Crippen LogP contribution in [0.1, 0.15) is 32.1 Å². The van der Waals surface area contributed by atoms with Crippen LogP contribution in [0.3, 0.4) is 0 Å². The van der Waals surface area contributed by atoms with Crippen LogP contribution in [0.2, 0.25) is 0 Å². The molecule has 0 radical (unpaired) electrons. The van der Waals surface area contributed by atoms with Crippen molar-refractivity contribution < 1.29 is 9.53 Å². The summed E-state index contributed by atoms with van der Waals surface area (Å²) in [5.41, 5.74) is 0. The van der Waals surface area contributed by atoms with Gasteiger partial charge < -0.3 is 10.1 Å². The highest BCUT2D eigenvalue weighted by atomic mass is 16.6. The Balaban J connectivity index is 1.99. The van der Waals surface area contributed by atoms with Crippen molar-refractivity contribution in [1.82, 2.24) is 5.32 Å². The lowest BCUT2D eigenvalue weighted by atomic mass is 9.96. The van der Waals surface area contributed by atoms with Gasteiger partial charge in [-0.15, -0.1) is 0 Å². The first-order chi connectivity index (χ1) is 5.86. The molecular formula is C9H15NO2. The molecule has 1 N–H and O–H groups in total. The predicted octanol–water partition coefficient (Wildman–Crippen LogP) is 1.68. The number of ether oxygens (including phenoxy) is 1. The number of fused-ring (bicyclic) bond motifs is 1. The summed E-state index contributed by atoms with van der Waals surface area (Å²) >= 11 is 0. The Morgan fingerprint density at radius 1 is 1.25 bits per heavy atom. The number of carbonyl (C=O) groups excluding carboxylic acids is 1. The zero-order valence-electron chi connectivity index (χ0n) is 7.21. The van der Waals surface area contributed by atoms with Crippen molar-refractivity contribution in [2.45, 2.75) is 38.2 Å². The second-order valence-corrected chi connectivity index (χ2v) is 3.72. The molecule has 0 bridgehead atoms. The summed E-state index contributed by atoms with van der Waals surface area (Å²) in [5, 5.41) is 2.75. The van der Waals surface area contributed by atoms with Crippen LogP contribution in [0.15, 0.2) is 0 Å². The van der Waals surface area contributed by atoms with Gasteiger partial charge in [-0.05, 0) is 19.3 Å². The molecule has 68 valence electrons. The summed E-state index contributed by atoms with van der Waals surface area (Å²) < 4.78 is 5.22. The van der Waals surface area contributed by atoms with E-state index >= 15 is 0 Å². The van der Waals surface area contributed by atoms with Crippen molar-refractivity contribution in [3.05, 3.63) is 0 Å². The molecule has 2 rings (SSSR count). The Kier molecular flexibility index (Phi) is 2.19. The number of nitrogens with one attached hydrogen (secondary N) is 1. The fraction of sp³-hybridized carbons (Fsp3) is 0.889. The summed E-state index contributed by atoms with van der Waals surface area (Å²) in [5.74, 6) is 0.574. The van der Waals surface area contributed by atoms with Gasteiger partial charge >= 0.3 is 6.09 Å². The molecule has 3 nitrogen and oxygen atoms in total. The molecule has 3 heteroatoms. The molecule has 0 aromatic carbocycles. The van der Waals surface area contributed by atoms with Gasteiger partial charge in [-0.2, -0.15) is 0 Å². The van der Waals surface area contributed by atoms with E-state index in [0.717, 1.165) is 13.0 Å². The molecule has 1 amide bonds. The minimum Gasteiger partial charge on any atom is -0.446 e. The zero-order chi connectivity index (χ0) is 8.39. The molecule has 2 atom stereocenters. The highest BCUT2D eigenvalue weighted by molar-refractivity contribution is 5.68. The normalized spacial score (nSPS) is 35.8. The Bertz CT molecular complexity index is 181. The summed E-state index contributed by atoms with van der Waals surface area (Å²) in [6, 6.07) is 0. The van der Waals surface area contributed by atoms with Crippen LogP contribution in [0.25, 0.3) is 0 Å². The van der Waals surface area contributed by atoms with Crippen LogP contribution >= 0.6 is 0 Å². The fourth-order valence-electron chi connectivity index (χ4n) is 2.13. The number of carbonyl (C=O) groups is 1. The predicted molar refractivity (Wildman–Crippen MR) is 44.8 cm³/mol. The van der Waals surface area contributed by atoms with Crippen molar-refractivity contribution in [1.29, 1.82) is 0 Å². The van der Waals surface area contributed by atoms with E-state index in [1.165, 1.54) is 25.7 Å². The molecule has 2 aliphatic rings. The maximum absolute atomic E-state index is 10.9. The van der Waals surface area contributed by atoms with Crippen molar-refractivity contribution >= 4 is 6.09 Å². The van der Waals surface area contributed by atoms with Gasteiger partial charge in [0.2, 0.25) is 0 Å². The molecule has 2 fully saturated rings. The third-order valence-corrected chi connectivity index (χ3v) is 2.86. The maximum Gasteiger partial charge on any atom is 0.407 e. The molecule has 0 spiro atoms. The lowest BCUT2D eigenvalue weighted by Gasteiger charge is -2.30. The number of alkyl carbamates (subject to hydrolysis) is 1. The van der Waals surface area contributed by atoms with Gasteiger partial charge in [0.05, 0.1) is 0 Å². The van der Waals surface area contributed by atoms with Gasteiger partial charge in [0, 0.05) is 12.5 Å². The van der Waals surface area contributed by atoms with Gasteiger partial charge in [-0.25, -0.2) is 4.79 Å². The third-order valence-electron chi connectivity index (χ3n) is 2.86. The lowest BCUT2D eigenvalue weighted by molar-refractivity contribution is 0.0333. The molecule has 1 aliphatic heterocycles. The monoisotopic (exact) mass is 169 g/mol. The van der Waals surface area contributed by atoms with Gasteiger partial charge in [-0.1, -0.05) is 12.8 Å².